The molecule has 2 nitrogen and oxygen atoms in total. The van der Waals surface area contributed by atoms with E-state index in [4.69, 9.17) is 0 Å². The highest BCUT2D eigenvalue weighted by Gasteiger charge is 2.25. The molecule has 0 aliphatic heterocycles. The van der Waals surface area contributed by atoms with Crippen molar-refractivity contribution in [3.63, 3.8) is 0 Å². The number of benzene rings is 2. The SMILES string of the molecule is C=C[C@H](c1ccccc1)[C@H](N[C@H](CO)C(C)C)c1ccccc1. The first-order chi connectivity index (χ1) is 11.2. The fraction of sp³-hybridized carbons (Fsp3) is 0.333. The summed E-state index contributed by atoms with van der Waals surface area (Å²) in [4.78, 5) is 0. The maximum atomic E-state index is 9.73. The Labute approximate surface area is 139 Å². The molecule has 3 atom stereocenters. The second-order valence-corrected chi connectivity index (χ2v) is 6.26. The molecule has 0 amide bonds. The molecule has 0 spiro atoms. The Bertz CT molecular complexity index is 579. The summed E-state index contributed by atoms with van der Waals surface area (Å²) in [5.41, 5.74) is 2.43. The second-order valence-electron chi connectivity index (χ2n) is 6.26. The van der Waals surface area contributed by atoms with Gasteiger partial charge in [0.05, 0.1) is 6.61 Å². The highest BCUT2D eigenvalue weighted by atomic mass is 16.3. The number of nitrogens with one attached hydrogen (secondary N) is 1. The Morgan fingerprint density at radius 2 is 1.48 bits per heavy atom. The maximum Gasteiger partial charge on any atom is 0.0587 e. The lowest BCUT2D eigenvalue weighted by Gasteiger charge is -2.32. The third kappa shape index (κ3) is 4.54. The van der Waals surface area contributed by atoms with Crippen LogP contribution in [0.25, 0.3) is 0 Å². The van der Waals surface area contributed by atoms with Crippen molar-refractivity contribution in [2.24, 2.45) is 5.92 Å². The van der Waals surface area contributed by atoms with Gasteiger partial charge in [0.25, 0.3) is 0 Å². The Balaban J connectivity index is 2.38. The van der Waals surface area contributed by atoms with Crippen LogP contribution in [0, 0.1) is 5.92 Å². The molecule has 0 bridgehead atoms. The van der Waals surface area contributed by atoms with Crippen LogP contribution in [0.1, 0.15) is 36.9 Å². The number of aliphatic hydroxyl groups is 1. The number of hydrogen-bond donors (Lipinski definition) is 2. The fourth-order valence-electron chi connectivity index (χ4n) is 2.89. The maximum absolute atomic E-state index is 9.73. The zero-order chi connectivity index (χ0) is 16.7. The molecule has 0 unspecified atom stereocenters. The minimum Gasteiger partial charge on any atom is -0.395 e. The first-order valence-electron chi connectivity index (χ1n) is 8.26. The van der Waals surface area contributed by atoms with E-state index in [-0.39, 0.29) is 24.6 Å². The van der Waals surface area contributed by atoms with E-state index >= 15 is 0 Å². The molecule has 23 heavy (non-hydrogen) atoms. The summed E-state index contributed by atoms with van der Waals surface area (Å²) in [5.74, 6) is 0.499. The standard InChI is InChI=1S/C21H27NO/c1-4-19(17-11-7-5-8-12-17)21(18-13-9-6-10-14-18)22-20(15-23)16(2)3/h4-14,16,19-23H,1,15H2,2-3H3/t19-,20-,21-/m1/s1. The van der Waals surface area contributed by atoms with E-state index in [9.17, 15) is 5.11 Å². The van der Waals surface area contributed by atoms with Crippen molar-refractivity contribution >= 4 is 0 Å². The van der Waals surface area contributed by atoms with Crippen LogP contribution in [0.5, 0.6) is 0 Å². The minimum absolute atomic E-state index is 0.0476. The summed E-state index contributed by atoms with van der Waals surface area (Å²) in [6.45, 7) is 8.44. The van der Waals surface area contributed by atoms with Crippen molar-refractivity contribution < 1.29 is 5.11 Å². The molecule has 0 saturated heterocycles. The Kier molecular flexibility index (Phi) is 6.57. The van der Waals surface area contributed by atoms with Gasteiger partial charge in [-0.05, 0) is 17.0 Å². The molecule has 2 rings (SSSR count). The molecule has 0 heterocycles. The van der Waals surface area contributed by atoms with Gasteiger partial charge in [0.15, 0.2) is 0 Å². The van der Waals surface area contributed by atoms with Gasteiger partial charge in [0, 0.05) is 18.0 Å². The van der Waals surface area contributed by atoms with Gasteiger partial charge in [0.2, 0.25) is 0 Å². The van der Waals surface area contributed by atoms with E-state index in [1.807, 2.05) is 18.2 Å². The van der Waals surface area contributed by atoms with Crippen molar-refractivity contribution in [3.05, 3.63) is 84.4 Å². The van der Waals surface area contributed by atoms with Crippen LogP contribution >= 0.6 is 0 Å². The van der Waals surface area contributed by atoms with E-state index in [0.717, 1.165) is 0 Å². The van der Waals surface area contributed by atoms with E-state index in [2.05, 4.69) is 74.3 Å². The van der Waals surface area contributed by atoms with Gasteiger partial charge < -0.3 is 10.4 Å². The van der Waals surface area contributed by atoms with Crippen LogP contribution < -0.4 is 5.32 Å². The predicted octanol–water partition coefficient (Wildman–Crippen LogP) is 4.30. The molecule has 2 aromatic rings. The quantitative estimate of drug-likeness (QED) is 0.712. The summed E-state index contributed by atoms with van der Waals surface area (Å²) in [7, 11) is 0. The molecule has 122 valence electrons. The second kappa shape index (κ2) is 8.66. The van der Waals surface area contributed by atoms with Crippen LogP contribution in [0.2, 0.25) is 0 Å². The highest BCUT2D eigenvalue weighted by Crippen LogP contribution is 2.32. The third-order valence-electron chi connectivity index (χ3n) is 4.35. The van der Waals surface area contributed by atoms with E-state index in [0.29, 0.717) is 5.92 Å². The molecule has 0 radical (unpaired) electrons. The molecule has 0 aliphatic carbocycles. The lowest BCUT2D eigenvalue weighted by Crippen LogP contribution is -2.41. The van der Waals surface area contributed by atoms with Crippen LogP contribution in [0.3, 0.4) is 0 Å². The number of aliphatic hydroxyl groups excluding tert-OH is 1. The molecular weight excluding hydrogens is 282 g/mol. The number of rotatable bonds is 8. The molecule has 2 N–H and O–H groups in total. The summed E-state index contributed by atoms with van der Waals surface area (Å²) < 4.78 is 0. The molecule has 0 saturated carbocycles. The van der Waals surface area contributed by atoms with Gasteiger partial charge in [-0.15, -0.1) is 6.58 Å². The first-order valence-corrected chi connectivity index (χ1v) is 8.26. The molecule has 2 aromatic carbocycles. The molecule has 2 heteroatoms. The summed E-state index contributed by atoms with van der Waals surface area (Å²) >= 11 is 0. The third-order valence-corrected chi connectivity index (χ3v) is 4.35. The smallest absolute Gasteiger partial charge is 0.0587 e. The Hall–Kier alpha value is -1.90. The van der Waals surface area contributed by atoms with E-state index in [1.54, 1.807) is 0 Å². The zero-order valence-electron chi connectivity index (χ0n) is 14.0. The van der Waals surface area contributed by atoms with Crippen molar-refractivity contribution in [2.75, 3.05) is 6.61 Å². The van der Waals surface area contributed by atoms with Gasteiger partial charge >= 0.3 is 0 Å². The fourth-order valence-corrected chi connectivity index (χ4v) is 2.89. The Morgan fingerprint density at radius 1 is 0.957 bits per heavy atom. The molecule has 0 aliphatic rings. The molecule has 0 fully saturated rings. The summed E-state index contributed by atoms with van der Waals surface area (Å²) in [6, 6.07) is 20.9. The largest absolute Gasteiger partial charge is 0.395 e. The monoisotopic (exact) mass is 309 g/mol. The van der Waals surface area contributed by atoms with Crippen LogP contribution in [-0.4, -0.2) is 17.8 Å². The summed E-state index contributed by atoms with van der Waals surface area (Å²) in [6.07, 6.45) is 1.99. The number of hydrogen-bond acceptors (Lipinski definition) is 2. The van der Waals surface area contributed by atoms with E-state index in [1.165, 1.54) is 11.1 Å². The topological polar surface area (TPSA) is 32.3 Å². The van der Waals surface area contributed by atoms with Gasteiger partial charge in [0.1, 0.15) is 0 Å². The van der Waals surface area contributed by atoms with Crippen molar-refractivity contribution in [2.45, 2.75) is 31.8 Å². The predicted molar refractivity (Wildman–Crippen MR) is 97.4 cm³/mol. The van der Waals surface area contributed by atoms with Gasteiger partial charge in [-0.2, -0.15) is 0 Å². The van der Waals surface area contributed by atoms with Crippen molar-refractivity contribution in [1.29, 1.82) is 0 Å². The van der Waals surface area contributed by atoms with Gasteiger partial charge in [-0.25, -0.2) is 0 Å². The lowest BCUT2D eigenvalue weighted by atomic mass is 9.86. The van der Waals surface area contributed by atoms with E-state index < -0.39 is 0 Å². The molecule has 0 aromatic heterocycles. The first kappa shape index (κ1) is 17.5. The van der Waals surface area contributed by atoms with Crippen molar-refractivity contribution in [1.82, 2.24) is 5.32 Å². The van der Waals surface area contributed by atoms with Crippen LogP contribution in [-0.2, 0) is 0 Å². The normalized spacial score (nSPS) is 15.1. The highest BCUT2D eigenvalue weighted by molar-refractivity contribution is 5.31. The van der Waals surface area contributed by atoms with Gasteiger partial charge in [-0.1, -0.05) is 80.6 Å². The van der Waals surface area contributed by atoms with Crippen molar-refractivity contribution in [3.8, 4) is 0 Å². The zero-order valence-corrected chi connectivity index (χ0v) is 14.0. The molecular formula is C21H27NO. The lowest BCUT2D eigenvalue weighted by molar-refractivity contribution is 0.196. The van der Waals surface area contributed by atoms with Crippen LogP contribution in [0.4, 0.5) is 0 Å². The van der Waals surface area contributed by atoms with Crippen LogP contribution in [0.15, 0.2) is 73.3 Å². The average molecular weight is 309 g/mol. The minimum atomic E-state index is 0.0476. The average Bonchev–Trinajstić information content (AvgIpc) is 2.60. The summed E-state index contributed by atoms with van der Waals surface area (Å²) in [5, 5.41) is 13.4. The van der Waals surface area contributed by atoms with Gasteiger partial charge in [-0.3, -0.25) is 0 Å². The Morgan fingerprint density at radius 3 is 1.91 bits per heavy atom.